The Kier molecular flexibility index (Phi) is 16.4. The van der Waals surface area contributed by atoms with Crippen molar-refractivity contribution in [1.82, 2.24) is 25.4 Å². The Morgan fingerprint density at radius 3 is 2.23 bits per heavy atom. The summed E-state index contributed by atoms with van der Waals surface area (Å²) in [7, 11) is 6.59. The molecule has 1 unspecified atom stereocenters. The van der Waals surface area contributed by atoms with Crippen molar-refractivity contribution in [3.8, 4) is 0 Å². The van der Waals surface area contributed by atoms with E-state index in [9.17, 15) is 29.1 Å². The fourth-order valence-corrected chi connectivity index (χ4v) is 7.17. The number of rotatable bonds is 18. The van der Waals surface area contributed by atoms with Gasteiger partial charge in [-0.05, 0) is 19.1 Å². The summed E-state index contributed by atoms with van der Waals surface area (Å²) in [6, 6.07) is 17.3. The zero-order valence-corrected chi connectivity index (χ0v) is 36.5. The number of hydrogen-bond donors (Lipinski definition) is 7. The second-order valence-electron chi connectivity index (χ2n) is 16.4. The van der Waals surface area contributed by atoms with E-state index in [4.69, 9.17) is 28.4 Å². The van der Waals surface area contributed by atoms with Crippen LogP contribution in [0.25, 0.3) is 10.9 Å². The minimum atomic E-state index is -1.38. The summed E-state index contributed by atoms with van der Waals surface area (Å²) < 4.78 is 28.0. The summed E-state index contributed by atoms with van der Waals surface area (Å²) in [5, 5.41) is 21.3. The SMILES string of the molecule is [B]=C(Nc1ccc(COC(=O)N2CCN(c3cc4c(cc3F)c(=O)c(C(=O)O)cn4CC)CC2)cc1)[C@H](CCCNC(N)=O)N/C=C(\N)C(NC(=O)OCc1ccccc1)C(C)(C)C. The van der Waals surface area contributed by atoms with Gasteiger partial charge in [-0.15, -0.1) is 0 Å². The average molecular weight is 881 g/mol. The number of carboxylic acid groups (broad SMARTS) is 1. The monoisotopic (exact) mass is 880 g/mol. The molecular formula is C45H56BFN9O8. The number of benzene rings is 3. The number of urea groups is 1. The molecule has 1 aliphatic heterocycles. The second kappa shape index (κ2) is 21.8. The van der Waals surface area contributed by atoms with Crippen LogP contribution in [0.4, 0.5) is 30.1 Å². The van der Waals surface area contributed by atoms with Crippen molar-refractivity contribution < 1.29 is 38.1 Å². The molecular weight excluding hydrogens is 824 g/mol. The van der Waals surface area contributed by atoms with Crippen molar-refractivity contribution in [2.75, 3.05) is 42.9 Å². The maximum absolute atomic E-state index is 15.4. The molecule has 17 nitrogen and oxygen atoms in total. The molecule has 9 N–H and O–H groups in total. The van der Waals surface area contributed by atoms with Crippen LogP contribution >= 0.6 is 0 Å². The molecule has 3 aromatic carbocycles. The van der Waals surface area contributed by atoms with Crippen LogP contribution in [-0.2, 0) is 29.2 Å². The summed E-state index contributed by atoms with van der Waals surface area (Å²) in [4.78, 5) is 64.8. The number of nitrogens with zero attached hydrogens (tertiary/aromatic N) is 3. The van der Waals surface area contributed by atoms with E-state index >= 15 is 4.39 Å². The van der Waals surface area contributed by atoms with Gasteiger partial charge in [0.25, 0.3) is 0 Å². The van der Waals surface area contributed by atoms with Gasteiger partial charge in [-0.3, -0.25) is 4.79 Å². The van der Waals surface area contributed by atoms with Gasteiger partial charge in [0.05, 0.1) is 11.2 Å². The van der Waals surface area contributed by atoms with Gasteiger partial charge in [0.1, 0.15) is 11.4 Å². The van der Waals surface area contributed by atoms with E-state index < -0.39 is 58.5 Å². The van der Waals surface area contributed by atoms with Crippen LogP contribution in [0.3, 0.4) is 0 Å². The number of alkyl carbamates (subject to hydrolysis) is 1. The first-order chi connectivity index (χ1) is 30.4. The van der Waals surface area contributed by atoms with Crippen LogP contribution in [-0.4, -0.2) is 96.6 Å². The molecule has 0 bridgehead atoms. The molecule has 64 heavy (non-hydrogen) atoms. The fraction of sp³-hybridized carbons (Fsp3) is 0.378. The maximum atomic E-state index is 15.4. The Morgan fingerprint density at radius 1 is 0.953 bits per heavy atom. The third kappa shape index (κ3) is 13.0. The van der Waals surface area contributed by atoms with Crippen LogP contribution in [0.1, 0.15) is 62.0 Å². The first kappa shape index (κ1) is 48.0. The van der Waals surface area contributed by atoms with Crippen LogP contribution in [0.2, 0.25) is 0 Å². The molecule has 1 radical (unpaired) electrons. The van der Waals surface area contributed by atoms with E-state index in [0.29, 0.717) is 67.1 Å². The number of amides is 4. The van der Waals surface area contributed by atoms with E-state index in [1.807, 2.05) is 51.1 Å². The Bertz CT molecular complexity index is 2400. The summed E-state index contributed by atoms with van der Waals surface area (Å²) in [6.45, 7) is 9.50. The van der Waals surface area contributed by atoms with Gasteiger partial charge in [-0.25, -0.2) is 9.18 Å². The van der Waals surface area contributed by atoms with E-state index in [1.165, 1.54) is 11.1 Å². The van der Waals surface area contributed by atoms with Crippen molar-refractivity contribution >= 4 is 59.5 Å². The van der Waals surface area contributed by atoms with E-state index in [-0.39, 0.29) is 37.4 Å². The Hall–Kier alpha value is -7.05. The number of fused-ring (bicyclic) bond motifs is 1. The molecule has 1 saturated heterocycles. The van der Waals surface area contributed by atoms with E-state index in [2.05, 4.69) is 21.3 Å². The van der Waals surface area contributed by atoms with Crippen LogP contribution in [0, 0.1) is 11.2 Å². The van der Waals surface area contributed by atoms with Gasteiger partial charge >= 0.3 is 261 Å². The summed E-state index contributed by atoms with van der Waals surface area (Å²) in [5.41, 5.74) is 13.7. The molecule has 1 aliphatic rings. The first-order valence-corrected chi connectivity index (χ1v) is 20.9. The van der Waals surface area contributed by atoms with Gasteiger partial charge in [0.15, 0.2) is 0 Å². The summed E-state index contributed by atoms with van der Waals surface area (Å²) in [5.74, 6) is -2.04. The predicted molar refractivity (Wildman–Crippen MR) is 245 cm³/mol. The van der Waals surface area contributed by atoms with E-state index in [0.717, 1.165) is 11.6 Å². The van der Waals surface area contributed by atoms with Gasteiger partial charge in [0, 0.05) is 18.1 Å². The molecule has 0 spiro atoms. The molecule has 0 aliphatic carbocycles. The molecule has 339 valence electrons. The zero-order valence-electron chi connectivity index (χ0n) is 36.5. The molecule has 0 saturated carbocycles. The number of carbonyl (C=O) groups excluding carboxylic acids is 3. The Morgan fingerprint density at radius 2 is 1.61 bits per heavy atom. The zero-order chi connectivity index (χ0) is 46.6. The summed E-state index contributed by atoms with van der Waals surface area (Å²) in [6.07, 6.45) is 2.69. The number of carbonyl (C=O) groups is 4. The van der Waals surface area contributed by atoms with Crippen LogP contribution in [0.5, 0.6) is 0 Å². The second-order valence-corrected chi connectivity index (χ2v) is 16.4. The number of aryl methyl sites for hydroxylation is 1. The number of pyridine rings is 1. The Balaban J connectivity index is 1.15. The summed E-state index contributed by atoms with van der Waals surface area (Å²) >= 11 is 0. The van der Waals surface area contributed by atoms with Crippen LogP contribution in [0.15, 0.2) is 89.6 Å². The van der Waals surface area contributed by atoms with Crippen molar-refractivity contribution in [2.24, 2.45) is 16.9 Å². The van der Waals surface area contributed by atoms with Gasteiger partial charge < -0.3 is 14.6 Å². The number of anilines is 2. The molecule has 5 rings (SSSR count). The van der Waals surface area contributed by atoms with Gasteiger partial charge in [-0.2, -0.15) is 0 Å². The molecule has 1 aromatic heterocycles. The first-order valence-electron chi connectivity index (χ1n) is 20.9. The number of hydrogen-bond acceptors (Lipinski definition) is 11. The molecule has 2 heterocycles. The quantitative estimate of drug-likeness (QED) is 0.0538. The van der Waals surface area contributed by atoms with E-state index in [1.54, 1.807) is 52.9 Å². The number of nitrogens with one attached hydrogen (secondary N) is 4. The number of ether oxygens (including phenoxy) is 2. The number of aromatic nitrogens is 1. The van der Waals surface area contributed by atoms with Crippen LogP contribution < -0.4 is 43.1 Å². The van der Waals surface area contributed by atoms with Crippen molar-refractivity contribution in [3.63, 3.8) is 0 Å². The third-order valence-corrected chi connectivity index (χ3v) is 10.7. The predicted octanol–water partition coefficient (Wildman–Crippen LogP) is 4.58. The standard InChI is InChI=1S/C45H56BFN9O8/c1-5-54-25-32(41(58)59)38(57)31-22-33(47)37(23-36(31)54)55-18-20-56(21-19-55)44(62)64-27-29-13-15-30(16-14-29)52-40(46)35(12-9-17-50-42(49)60)51-24-34(48)39(45(2,3)4)53-43(61)63-26-28-10-7-6-8-11-28/h6-8,10-11,13-16,22-25,35,39,51-52H,5,9,12,17-21,26-27,48H2,1-4H3,(H,53,61)(H,58,59)(H3,49,50,60)/b34-24-/t35-,39?/m0/s1. The fourth-order valence-electron chi connectivity index (χ4n) is 7.17. The Labute approximate surface area is 372 Å². The number of nitrogens with two attached hydrogens (primary N) is 2. The molecule has 2 atom stereocenters. The molecule has 4 amide bonds. The number of carboxylic acids is 1. The van der Waals surface area contributed by atoms with Gasteiger partial charge in [0.2, 0.25) is 5.43 Å². The van der Waals surface area contributed by atoms with Crippen molar-refractivity contribution in [2.45, 2.75) is 72.4 Å². The topological polar surface area (TPSA) is 236 Å². The molecule has 19 heteroatoms. The molecule has 1 fully saturated rings. The van der Waals surface area contributed by atoms with Gasteiger partial charge in [-0.1, -0.05) is 18.2 Å². The third-order valence-electron chi connectivity index (χ3n) is 10.7. The number of primary amides is 1. The number of halogens is 1. The van der Waals surface area contributed by atoms with Crippen molar-refractivity contribution in [3.05, 3.63) is 118 Å². The minimum absolute atomic E-state index is 0.00536. The number of piperazine rings is 1. The molecule has 4 aromatic rings. The number of aromatic carboxylic acids is 1. The average Bonchev–Trinajstić information content (AvgIpc) is 3.26. The van der Waals surface area contributed by atoms with Crippen molar-refractivity contribution in [1.29, 1.82) is 0 Å². The normalized spacial score (nSPS) is 14.0.